The first-order chi connectivity index (χ1) is 18.0. The molecule has 4 aromatic rings. The Morgan fingerprint density at radius 3 is 2.59 bits per heavy atom. The molecule has 0 saturated carbocycles. The molecule has 3 aromatic heterocycles. The van der Waals surface area contributed by atoms with Crippen LogP contribution in [0.5, 0.6) is 0 Å². The average Bonchev–Trinajstić information content (AvgIpc) is 3.53. The van der Waals surface area contributed by atoms with E-state index in [1.54, 1.807) is 44.0 Å². The third-order valence-corrected chi connectivity index (χ3v) is 6.44. The fourth-order valence-electron chi connectivity index (χ4n) is 4.61. The smallest absolute Gasteiger partial charge is 0.254 e. The van der Waals surface area contributed by atoms with Crippen molar-refractivity contribution >= 4 is 28.7 Å². The van der Waals surface area contributed by atoms with Crippen molar-refractivity contribution in [3.63, 3.8) is 0 Å². The molecule has 37 heavy (non-hydrogen) atoms. The van der Waals surface area contributed by atoms with Gasteiger partial charge in [-0.3, -0.25) is 9.20 Å². The summed E-state index contributed by atoms with van der Waals surface area (Å²) >= 11 is 0. The molecule has 6 rings (SSSR count). The second kappa shape index (κ2) is 10.5. The number of pyridine rings is 2. The fraction of sp³-hybridized carbons (Fsp3) is 0.296. The first-order valence-electron chi connectivity index (χ1n) is 12.0. The van der Waals surface area contributed by atoms with Crippen molar-refractivity contribution in [1.82, 2.24) is 19.7 Å². The Kier molecular flexibility index (Phi) is 7.02. The number of methoxy groups -OCH3 is 1. The lowest BCUT2D eigenvalue weighted by molar-refractivity contribution is 0.0966. The maximum absolute atomic E-state index is 14.5. The third kappa shape index (κ3) is 4.73. The van der Waals surface area contributed by atoms with E-state index in [0.717, 1.165) is 35.6 Å². The van der Waals surface area contributed by atoms with Crippen LogP contribution >= 0.6 is 0 Å². The van der Waals surface area contributed by atoms with Crippen LogP contribution < -0.4 is 15.5 Å². The number of hydrogen-bond donors (Lipinski definition) is 2. The molecule has 2 aliphatic heterocycles. The van der Waals surface area contributed by atoms with E-state index in [1.165, 1.54) is 0 Å². The third-order valence-electron chi connectivity index (χ3n) is 6.44. The molecule has 2 N–H and O–H groups in total. The van der Waals surface area contributed by atoms with Gasteiger partial charge in [0.05, 0.1) is 48.2 Å². The van der Waals surface area contributed by atoms with E-state index >= 15 is 0 Å². The molecule has 1 fully saturated rings. The number of nitrogens with one attached hydrogen (secondary N) is 2. The number of halogens is 1. The van der Waals surface area contributed by atoms with E-state index in [1.807, 2.05) is 30.5 Å². The number of fused-ring (bicyclic) bond motifs is 2. The number of aryl methyl sites for hydroxylation is 1. The maximum atomic E-state index is 14.5. The Bertz CT molecular complexity index is 1430. The van der Waals surface area contributed by atoms with Crippen LogP contribution in [0.25, 0.3) is 16.9 Å². The second-order valence-electron chi connectivity index (χ2n) is 8.88. The monoisotopic (exact) mass is 504 g/mol. The van der Waals surface area contributed by atoms with Crippen molar-refractivity contribution < 1.29 is 18.7 Å². The van der Waals surface area contributed by atoms with E-state index in [9.17, 15) is 9.18 Å². The number of nitrogens with zero attached hydrogens (tertiary/aromatic N) is 4. The lowest BCUT2D eigenvalue weighted by Gasteiger charge is -2.28. The normalized spacial score (nSPS) is 14.7. The average molecular weight is 505 g/mol. The molecule has 0 radical (unpaired) electrons. The molecular weight excluding hydrogens is 475 g/mol. The van der Waals surface area contributed by atoms with Crippen LogP contribution in [-0.2, 0) is 16.0 Å². The van der Waals surface area contributed by atoms with Crippen LogP contribution in [0.3, 0.4) is 0 Å². The number of aromatic nitrogens is 3. The van der Waals surface area contributed by atoms with Crippen molar-refractivity contribution in [2.75, 3.05) is 50.7 Å². The summed E-state index contributed by atoms with van der Waals surface area (Å²) in [5, 5.41) is 6.21. The van der Waals surface area contributed by atoms with Crippen molar-refractivity contribution in [2.24, 2.45) is 0 Å². The Morgan fingerprint density at radius 1 is 1.08 bits per heavy atom. The van der Waals surface area contributed by atoms with E-state index in [0.29, 0.717) is 42.4 Å². The predicted octanol–water partition coefficient (Wildman–Crippen LogP) is 3.93. The van der Waals surface area contributed by atoms with E-state index in [-0.39, 0.29) is 17.4 Å². The number of morpholine rings is 1. The summed E-state index contributed by atoms with van der Waals surface area (Å²) in [5.41, 5.74) is 5.53. The van der Waals surface area contributed by atoms with Crippen LogP contribution in [0.4, 0.5) is 21.6 Å². The molecule has 0 aliphatic carbocycles. The molecule has 2 aliphatic rings. The first kappa shape index (κ1) is 24.7. The number of carbonyl (C=O) groups is 1. The van der Waals surface area contributed by atoms with Gasteiger partial charge < -0.3 is 25.0 Å². The Morgan fingerprint density at radius 2 is 1.86 bits per heavy atom. The van der Waals surface area contributed by atoms with Gasteiger partial charge in [0.2, 0.25) is 0 Å². The van der Waals surface area contributed by atoms with Crippen LogP contribution in [-0.4, -0.2) is 60.8 Å². The maximum Gasteiger partial charge on any atom is 0.254 e. The topological polar surface area (TPSA) is 93.0 Å². The standard InChI is InChI=1S/C25H23FN6O2.C2H6O/c1-15-6-7-32-20(14-28-24(32)23(15)26)17-3-4-19(22-18(17)13-29-25(22)33)30-21-5-2-16(12-27-21)31-8-10-34-11-9-31;1-3-2/h2-7,12,14H,8-11,13H2,1H3,(H,27,30)(H,29,33);1-2H3. The van der Waals surface area contributed by atoms with Gasteiger partial charge in [0.25, 0.3) is 5.91 Å². The molecular formula is C27H29FN6O3. The van der Waals surface area contributed by atoms with Crippen molar-refractivity contribution in [3.05, 3.63) is 71.4 Å². The van der Waals surface area contributed by atoms with E-state index in [2.05, 4.69) is 30.2 Å². The molecule has 1 saturated heterocycles. The molecule has 0 spiro atoms. The van der Waals surface area contributed by atoms with Crippen molar-refractivity contribution in [1.29, 1.82) is 0 Å². The minimum Gasteiger partial charge on any atom is -0.388 e. The Labute approximate surface area is 214 Å². The van der Waals surface area contributed by atoms with Gasteiger partial charge in [-0.25, -0.2) is 14.4 Å². The zero-order valence-corrected chi connectivity index (χ0v) is 21.0. The first-order valence-corrected chi connectivity index (χ1v) is 12.0. The summed E-state index contributed by atoms with van der Waals surface area (Å²) in [7, 11) is 3.25. The fourth-order valence-corrected chi connectivity index (χ4v) is 4.61. The summed E-state index contributed by atoms with van der Waals surface area (Å²) in [6.07, 6.45) is 5.28. The predicted molar refractivity (Wildman–Crippen MR) is 140 cm³/mol. The Balaban J connectivity index is 0.000000892. The highest BCUT2D eigenvalue weighted by molar-refractivity contribution is 6.06. The van der Waals surface area contributed by atoms with Crippen LogP contribution in [0.2, 0.25) is 0 Å². The zero-order chi connectivity index (χ0) is 25.9. The molecule has 5 heterocycles. The number of benzene rings is 1. The van der Waals surface area contributed by atoms with Gasteiger partial charge in [0.15, 0.2) is 11.5 Å². The van der Waals surface area contributed by atoms with Crippen LogP contribution in [0.1, 0.15) is 21.5 Å². The zero-order valence-electron chi connectivity index (χ0n) is 21.0. The number of imidazole rings is 1. The lowest BCUT2D eigenvalue weighted by Crippen LogP contribution is -2.36. The molecule has 0 bridgehead atoms. The van der Waals surface area contributed by atoms with Gasteiger partial charge in [-0.05, 0) is 42.3 Å². The van der Waals surface area contributed by atoms with Gasteiger partial charge >= 0.3 is 0 Å². The highest BCUT2D eigenvalue weighted by Crippen LogP contribution is 2.35. The number of carbonyl (C=O) groups excluding carboxylic acids is 1. The second-order valence-corrected chi connectivity index (χ2v) is 8.88. The molecule has 1 amide bonds. The van der Waals surface area contributed by atoms with Gasteiger partial charge in [-0.2, -0.15) is 0 Å². The summed E-state index contributed by atoms with van der Waals surface area (Å²) in [6.45, 7) is 5.22. The number of amides is 1. The van der Waals surface area contributed by atoms with Crippen molar-refractivity contribution in [2.45, 2.75) is 13.5 Å². The molecule has 0 unspecified atom stereocenters. The number of anilines is 3. The molecule has 9 nitrogen and oxygen atoms in total. The largest absolute Gasteiger partial charge is 0.388 e. The number of rotatable bonds is 4. The van der Waals surface area contributed by atoms with Crippen LogP contribution in [0.15, 0.2) is 48.9 Å². The summed E-state index contributed by atoms with van der Waals surface area (Å²) in [4.78, 5) is 23.8. The summed E-state index contributed by atoms with van der Waals surface area (Å²) in [6, 6.07) is 9.45. The molecule has 10 heteroatoms. The molecule has 192 valence electrons. The highest BCUT2D eigenvalue weighted by Gasteiger charge is 2.27. The van der Waals surface area contributed by atoms with Crippen molar-refractivity contribution in [3.8, 4) is 11.3 Å². The molecule has 1 aromatic carbocycles. The van der Waals surface area contributed by atoms with Crippen LogP contribution in [0, 0.1) is 12.7 Å². The summed E-state index contributed by atoms with van der Waals surface area (Å²) < 4.78 is 25.9. The van der Waals surface area contributed by atoms with Gasteiger partial charge in [0, 0.05) is 45.6 Å². The minimum absolute atomic E-state index is 0.153. The summed E-state index contributed by atoms with van der Waals surface area (Å²) in [5.74, 6) is 0.156. The van der Waals surface area contributed by atoms with E-state index in [4.69, 9.17) is 4.74 Å². The molecule has 0 atom stereocenters. The van der Waals surface area contributed by atoms with Gasteiger partial charge in [-0.15, -0.1) is 0 Å². The number of ether oxygens (including phenoxy) is 2. The Hall–Kier alpha value is -4.02. The SMILES string of the molecule is COC.Cc1ccn2c(-c3ccc(Nc4ccc(N5CCOCC5)cn4)c4c3CNC4=O)cnc2c1F. The van der Waals surface area contributed by atoms with Gasteiger partial charge in [0.1, 0.15) is 5.82 Å². The minimum atomic E-state index is -0.343. The van der Waals surface area contributed by atoms with E-state index < -0.39 is 0 Å². The lowest BCUT2D eigenvalue weighted by atomic mass is 9.99. The van der Waals surface area contributed by atoms with Gasteiger partial charge in [-0.1, -0.05) is 6.07 Å². The highest BCUT2D eigenvalue weighted by atomic mass is 19.1. The number of hydrogen-bond acceptors (Lipinski definition) is 7. The quantitative estimate of drug-likeness (QED) is 0.435.